The van der Waals surface area contributed by atoms with Crippen LogP contribution < -0.4 is 5.32 Å². The van der Waals surface area contributed by atoms with Crippen LogP contribution >= 0.6 is 0 Å². The van der Waals surface area contributed by atoms with Crippen LogP contribution in [-0.4, -0.2) is 18.2 Å². The summed E-state index contributed by atoms with van der Waals surface area (Å²) in [5.41, 5.74) is -0.847. The number of hydrogen-bond acceptors (Lipinski definition) is 3. The van der Waals surface area contributed by atoms with Crippen LogP contribution in [0.2, 0.25) is 0 Å². The Kier molecular flexibility index (Phi) is 3.07. The Morgan fingerprint density at radius 2 is 2.32 bits per heavy atom. The summed E-state index contributed by atoms with van der Waals surface area (Å²) < 4.78 is 19.2. The third-order valence-corrected chi connectivity index (χ3v) is 4.09. The van der Waals surface area contributed by atoms with E-state index >= 15 is 0 Å². The Labute approximate surface area is 111 Å². The molecule has 2 aromatic rings. The van der Waals surface area contributed by atoms with Crippen LogP contribution in [0.25, 0.3) is 11.0 Å². The van der Waals surface area contributed by atoms with E-state index in [1.165, 1.54) is 6.07 Å². The van der Waals surface area contributed by atoms with Crippen LogP contribution in [0.4, 0.5) is 4.39 Å². The molecule has 0 spiro atoms. The van der Waals surface area contributed by atoms with Gasteiger partial charge in [-0.15, -0.1) is 0 Å². The van der Waals surface area contributed by atoms with Crippen LogP contribution in [0.15, 0.2) is 28.7 Å². The normalized spacial score (nSPS) is 23.4. The first-order valence-corrected chi connectivity index (χ1v) is 6.70. The van der Waals surface area contributed by atoms with E-state index in [0.717, 1.165) is 25.9 Å². The molecule has 3 nitrogen and oxygen atoms in total. The summed E-state index contributed by atoms with van der Waals surface area (Å²) >= 11 is 0. The lowest BCUT2D eigenvalue weighted by molar-refractivity contribution is -0.0325. The molecule has 1 aromatic heterocycles. The third-order valence-electron chi connectivity index (χ3n) is 4.09. The predicted molar refractivity (Wildman–Crippen MR) is 71.3 cm³/mol. The first kappa shape index (κ1) is 12.6. The molecule has 0 saturated carbocycles. The van der Waals surface area contributed by atoms with Crippen molar-refractivity contribution in [3.63, 3.8) is 0 Å². The summed E-state index contributed by atoms with van der Waals surface area (Å²) in [4.78, 5) is 0. The molecule has 1 saturated heterocycles. The van der Waals surface area contributed by atoms with Crippen molar-refractivity contribution < 1.29 is 13.9 Å². The van der Waals surface area contributed by atoms with Crippen molar-refractivity contribution in [1.29, 1.82) is 0 Å². The lowest BCUT2D eigenvalue weighted by Crippen LogP contribution is -2.42. The van der Waals surface area contributed by atoms with Gasteiger partial charge in [0.2, 0.25) is 0 Å². The van der Waals surface area contributed by atoms with Crippen molar-refractivity contribution >= 4 is 11.0 Å². The average molecular weight is 263 g/mol. The molecule has 1 aliphatic rings. The molecule has 4 heteroatoms. The Hall–Kier alpha value is -1.39. The zero-order valence-electron chi connectivity index (χ0n) is 10.9. The number of fused-ring (bicyclic) bond motifs is 1. The largest absolute Gasteiger partial charge is 0.455 e. The Balaban J connectivity index is 2.00. The second-order valence-corrected chi connectivity index (χ2v) is 5.46. The number of piperidine rings is 1. The van der Waals surface area contributed by atoms with Gasteiger partial charge in [-0.05, 0) is 38.4 Å². The molecule has 102 valence electrons. The second kappa shape index (κ2) is 4.62. The van der Waals surface area contributed by atoms with Gasteiger partial charge in [0.25, 0.3) is 0 Å². The van der Waals surface area contributed by atoms with E-state index in [9.17, 15) is 9.50 Å². The molecule has 0 radical (unpaired) electrons. The van der Waals surface area contributed by atoms with Gasteiger partial charge in [0, 0.05) is 17.8 Å². The van der Waals surface area contributed by atoms with Crippen molar-refractivity contribution in [3.8, 4) is 0 Å². The van der Waals surface area contributed by atoms with E-state index in [0.29, 0.717) is 11.1 Å². The Morgan fingerprint density at radius 1 is 1.47 bits per heavy atom. The molecule has 19 heavy (non-hydrogen) atoms. The number of halogens is 1. The maximum atomic E-state index is 13.6. The van der Waals surface area contributed by atoms with E-state index in [1.807, 2.05) is 0 Å². The standard InChI is InChI=1S/C15H18FNO2/c1-15(18,11-5-3-7-17-9-11)13-8-10-4-2-6-12(16)14(10)19-13/h2,4,6,8,11,17-18H,3,5,7,9H2,1H3. The average Bonchev–Trinajstić information content (AvgIpc) is 2.86. The van der Waals surface area contributed by atoms with Crippen LogP contribution in [0.1, 0.15) is 25.5 Å². The topological polar surface area (TPSA) is 45.4 Å². The minimum absolute atomic E-state index is 0.0878. The maximum absolute atomic E-state index is 13.6. The molecule has 0 amide bonds. The van der Waals surface area contributed by atoms with Gasteiger partial charge in [0.1, 0.15) is 11.4 Å². The van der Waals surface area contributed by atoms with Crippen LogP contribution in [0, 0.1) is 11.7 Å². The van der Waals surface area contributed by atoms with Gasteiger partial charge in [-0.25, -0.2) is 4.39 Å². The van der Waals surface area contributed by atoms with Gasteiger partial charge in [0.05, 0.1) is 0 Å². The first-order valence-electron chi connectivity index (χ1n) is 6.70. The zero-order valence-corrected chi connectivity index (χ0v) is 10.9. The van der Waals surface area contributed by atoms with Crippen LogP contribution in [-0.2, 0) is 5.60 Å². The predicted octanol–water partition coefficient (Wildman–Crippen LogP) is 2.78. The maximum Gasteiger partial charge on any atom is 0.170 e. The molecule has 2 atom stereocenters. The number of benzene rings is 1. The van der Waals surface area contributed by atoms with Crippen molar-refractivity contribution in [2.75, 3.05) is 13.1 Å². The molecular formula is C15H18FNO2. The molecule has 0 bridgehead atoms. The monoisotopic (exact) mass is 263 g/mol. The fourth-order valence-corrected chi connectivity index (χ4v) is 2.81. The summed E-state index contributed by atoms with van der Waals surface area (Å²) in [6, 6.07) is 6.55. The number of furan rings is 1. The molecule has 2 N–H and O–H groups in total. The van der Waals surface area contributed by atoms with Gasteiger partial charge in [-0.1, -0.05) is 12.1 Å². The van der Waals surface area contributed by atoms with Crippen LogP contribution in [0.5, 0.6) is 0 Å². The van der Waals surface area contributed by atoms with Crippen molar-refractivity contribution in [2.24, 2.45) is 5.92 Å². The number of aliphatic hydroxyl groups is 1. The molecule has 1 fully saturated rings. The lowest BCUT2D eigenvalue weighted by atomic mass is 9.82. The number of para-hydroxylation sites is 1. The summed E-state index contributed by atoms with van der Waals surface area (Å²) in [6.07, 6.45) is 1.98. The second-order valence-electron chi connectivity index (χ2n) is 5.46. The molecule has 0 aliphatic carbocycles. The molecule has 2 unspecified atom stereocenters. The number of rotatable bonds is 2. The highest BCUT2D eigenvalue weighted by atomic mass is 19.1. The number of hydrogen-bond donors (Lipinski definition) is 2. The van der Waals surface area contributed by atoms with Crippen molar-refractivity contribution in [3.05, 3.63) is 35.8 Å². The highest BCUT2D eigenvalue weighted by Crippen LogP contribution is 2.36. The van der Waals surface area contributed by atoms with E-state index in [2.05, 4.69) is 5.32 Å². The molecule has 3 rings (SSSR count). The number of nitrogens with one attached hydrogen (secondary N) is 1. The molecule has 1 aromatic carbocycles. The lowest BCUT2D eigenvalue weighted by Gasteiger charge is -2.34. The smallest absolute Gasteiger partial charge is 0.170 e. The highest BCUT2D eigenvalue weighted by molar-refractivity contribution is 5.78. The quantitative estimate of drug-likeness (QED) is 0.875. The summed E-state index contributed by atoms with van der Waals surface area (Å²) in [5.74, 6) is 0.146. The van der Waals surface area contributed by atoms with E-state index in [-0.39, 0.29) is 17.3 Å². The minimum atomic E-state index is -1.07. The van der Waals surface area contributed by atoms with Gasteiger partial charge in [-0.3, -0.25) is 0 Å². The Bertz CT molecular complexity index is 585. The van der Waals surface area contributed by atoms with Crippen molar-refractivity contribution in [1.82, 2.24) is 5.32 Å². The minimum Gasteiger partial charge on any atom is -0.455 e. The van der Waals surface area contributed by atoms with Gasteiger partial charge >= 0.3 is 0 Å². The van der Waals surface area contributed by atoms with E-state index < -0.39 is 5.60 Å². The van der Waals surface area contributed by atoms with E-state index in [4.69, 9.17) is 4.42 Å². The summed E-state index contributed by atoms with van der Waals surface area (Å²) in [7, 11) is 0. The fraction of sp³-hybridized carbons (Fsp3) is 0.467. The summed E-state index contributed by atoms with van der Waals surface area (Å²) in [5, 5.41) is 14.7. The molecule has 2 heterocycles. The van der Waals surface area contributed by atoms with Crippen molar-refractivity contribution in [2.45, 2.75) is 25.4 Å². The fourth-order valence-electron chi connectivity index (χ4n) is 2.81. The highest BCUT2D eigenvalue weighted by Gasteiger charge is 2.37. The van der Waals surface area contributed by atoms with Gasteiger partial charge in [0.15, 0.2) is 11.4 Å². The Morgan fingerprint density at radius 3 is 3.00 bits per heavy atom. The molecular weight excluding hydrogens is 245 g/mol. The molecule has 1 aliphatic heterocycles. The third kappa shape index (κ3) is 2.15. The summed E-state index contributed by atoms with van der Waals surface area (Å²) in [6.45, 7) is 3.49. The zero-order chi connectivity index (χ0) is 13.5. The SMILES string of the molecule is CC(O)(c1cc2cccc(F)c2o1)C1CCCNC1. The first-order chi connectivity index (χ1) is 9.09. The van der Waals surface area contributed by atoms with Gasteiger partial charge in [-0.2, -0.15) is 0 Å². The van der Waals surface area contributed by atoms with Crippen LogP contribution in [0.3, 0.4) is 0 Å². The van der Waals surface area contributed by atoms with Gasteiger partial charge < -0.3 is 14.8 Å². The van der Waals surface area contributed by atoms with E-state index in [1.54, 1.807) is 25.1 Å².